The number of ether oxygens (including phenoxy) is 2. The minimum Gasteiger partial charge on any atom is -0.496 e. The first kappa shape index (κ1) is 17.2. The Labute approximate surface area is 145 Å². The summed E-state index contributed by atoms with van der Waals surface area (Å²) in [4.78, 5) is 12.6. The van der Waals surface area contributed by atoms with Crippen molar-refractivity contribution >= 4 is 5.69 Å². The van der Waals surface area contributed by atoms with Crippen LogP contribution in [0.1, 0.15) is 22.8 Å². The summed E-state index contributed by atoms with van der Waals surface area (Å²) >= 11 is 0. The highest BCUT2D eigenvalue weighted by Crippen LogP contribution is 2.39. The molecular weight excluding hydrogens is 324 g/mol. The monoisotopic (exact) mass is 344 g/mol. The second-order valence-electron chi connectivity index (χ2n) is 5.97. The minimum atomic E-state index is -0.715. The standard InChI is InChI=1S/C18H20N2O5/c1-24-16-6-7-17(25-2)18-14(16)10-19(11-15(18)21)9-12-4-3-5-13(8-12)20(22)23/h3-8,15,21H,9-11H2,1-2H3/t15-/m1/s1. The molecule has 1 N–H and O–H groups in total. The summed E-state index contributed by atoms with van der Waals surface area (Å²) < 4.78 is 10.8. The van der Waals surface area contributed by atoms with E-state index in [0.29, 0.717) is 31.1 Å². The maximum absolute atomic E-state index is 10.9. The van der Waals surface area contributed by atoms with Crippen LogP contribution in [-0.4, -0.2) is 35.7 Å². The molecule has 2 aromatic rings. The molecule has 3 rings (SSSR count). The minimum absolute atomic E-state index is 0.0645. The Kier molecular flexibility index (Phi) is 4.87. The van der Waals surface area contributed by atoms with Gasteiger partial charge in [0.05, 0.1) is 25.2 Å². The SMILES string of the molecule is COc1ccc(OC)c2c1CN(Cc1cccc([N+](=O)[O-])c1)C[C@H]2O. The fourth-order valence-corrected chi connectivity index (χ4v) is 3.29. The van der Waals surface area contributed by atoms with E-state index in [-0.39, 0.29) is 5.69 Å². The summed E-state index contributed by atoms with van der Waals surface area (Å²) in [6.45, 7) is 1.48. The molecule has 1 aliphatic heterocycles. The molecule has 2 aromatic carbocycles. The van der Waals surface area contributed by atoms with Crippen molar-refractivity contribution in [3.05, 3.63) is 63.2 Å². The maximum Gasteiger partial charge on any atom is 0.269 e. The van der Waals surface area contributed by atoms with Crippen LogP contribution in [0, 0.1) is 10.1 Å². The fraction of sp³-hybridized carbons (Fsp3) is 0.333. The lowest BCUT2D eigenvalue weighted by atomic mass is 9.95. The second kappa shape index (κ2) is 7.08. The predicted octanol–water partition coefficient (Wildman–Crippen LogP) is 2.66. The van der Waals surface area contributed by atoms with E-state index < -0.39 is 11.0 Å². The van der Waals surface area contributed by atoms with E-state index in [1.807, 2.05) is 17.0 Å². The van der Waals surface area contributed by atoms with Gasteiger partial charge in [-0.15, -0.1) is 0 Å². The number of hydrogen-bond acceptors (Lipinski definition) is 6. The zero-order valence-corrected chi connectivity index (χ0v) is 14.1. The number of nitro benzene ring substituents is 1. The summed E-state index contributed by atoms with van der Waals surface area (Å²) in [6.07, 6.45) is -0.715. The van der Waals surface area contributed by atoms with Crippen LogP contribution >= 0.6 is 0 Å². The van der Waals surface area contributed by atoms with Gasteiger partial charge < -0.3 is 14.6 Å². The Morgan fingerprint density at radius 2 is 1.96 bits per heavy atom. The maximum atomic E-state index is 10.9. The molecule has 0 amide bonds. The first-order valence-corrected chi connectivity index (χ1v) is 7.91. The van der Waals surface area contributed by atoms with Crippen molar-refractivity contribution in [2.45, 2.75) is 19.2 Å². The van der Waals surface area contributed by atoms with Crippen LogP contribution in [0.25, 0.3) is 0 Å². The first-order chi connectivity index (χ1) is 12.0. The first-order valence-electron chi connectivity index (χ1n) is 7.91. The molecule has 25 heavy (non-hydrogen) atoms. The van der Waals surface area contributed by atoms with Crippen LogP contribution in [0.15, 0.2) is 36.4 Å². The lowest BCUT2D eigenvalue weighted by Crippen LogP contribution is -2.33. The lowest BCUT2D eigenvalue weighted by molar-refractivity contribution is -0.384. The molecule has 1 heterocycles. The molecule has 0 unspecified atom stereocenters. The third-order valence-electron chi connectivity index (χ3n) is 4.39. The van der Waals surface area contributed by atoms with Gasteiger partial charge in [0.2, 0.25) is 0 Å². The molecule has 0 radical (unpaired) electrons. The average molecular weight is 344 g/mol. The Morgan fingerprint density at radius 3 is 2.64 bits per heavy atom. The van der Waals surface area contributed by atoms with Crippen molar-refractivity contribution in [1.82, 2.24) is 4.90 Å². The van der Waals surface area contributed by atoms with Gasteiger partial charge in [-0.2, -0.15) is 0 Å². The molecule has 0 saturated heterocycles. The number of benzene rings is 2. The van der Waals surface area contributed by atoms with Crippen molar-refractivity contribution in [3.8, 4) is 11.5 Å². The number of rotatable bonds is 5. The predicted molar refractivity (Wildman–Crippen MR) is 91.7 cm³/mol. The number of hydrogen-bond donors (Lipinski definition) is 1. The molecule has 0 spiro atoms. The smallest absolute Gasteiger partial charge is 0.269 e. The summed E-state index contributed by atoms with van der Waals surface area (Å²) in [6, 6.07) is 10.2. The van der Waals surface area contributed by atoms with Crippen LogP contribution < -0.4 is 9.47 Å². The number of fused-ring (bicyclic) bond motifs is 1. The van der Waals surface area contributed by atoms with Crippen molar-refractivity contribution in [2.75, 3.05) is 20.8 Å². The number of aliphatic hydroxyl groups is 1. The lowest BCUT2D eigenvalue weighted by Gasteiger charge is -2.34. The van der Waals surface area contributed by atoms with Crippen LogP contribution in [0.3, 0.4) is 0 Å². The van der Waals surface area contributed by atoms with E-state index in [9.17, 15) is 15.2 Å². The van der Waals surface area contributed by atoms with E-state index in [0.717, 1.165) is 16.7 Å². The normalized spacial score (nSPS) is 17.0. The Hall–Kier alpha value is -2.64. The van der Waals surface area contributed by atoms with Gasteiger partial charge in [-0.1, -0.05) is 12.1 Å². The van der Waals surface area contributed by atoms with Crippen molar-refractivity contribution in [2.24, 2.45) is 0 Å². The topological polar surface area (TPSA) is 85.1 Å². The fourth-order valence-electron chi connectivity index (χ4n) is 3.29. The number of aliphatic hydroxyl groups excluding tert-OH is 1. The summed E-state index contributed by atoms with van der Waals surface area (Å²) in [5.41, 5.74) is 2.52. The third-order valence-corrected chi connectivity index (χ3v) is 4.39. The summed E-state index contributed by atoms with van der Waals surface area (Å²) in [5.74, 6) is 1.33. The molecule has 0 aromatic heterocycles. The molecule has 1 atom stereocenters. The Bertz CT molecular complexity index is 793. The molecule has 0 fully saturated rings. The van der Waals surface area contributed by atoms with Crippen LogP contribution in [0.4, 0.5) is 5.69 Å². The van der Waals surface area contributed by atoms with E-state index in [4.69, 9.17) is 9.47 Å². The molecule has 0 saturated carbocycles. The number of methoxy groups -OCH3 is 2. The van der Waals surface area contributed by atoms with Crippen LogP contribution in [0.5, 0.6) is 11.5 Å². The van der Waals surface area contributed by atoms with E-state index >= 15 is 0 Å². The summed E-state index contributed by atoms with van der Waals surface area (Å²) in [5, 5.41) is 21.5. The van der Waals surface area contributed by atoms with Gasteiger partial charge >= 0.3 is 0 Å². The van der Waals surface area contributed by atoms with Gasteiger partial charge in [-0.25, -0.2) is 0 Å². The molecule has 7 heteroatoms. The Morgan fingerprint density at radius 1 is 1.24 bits per heavy atom. The highest BCUT2D eigenvalue weighted by Gasteiger charge is 2.29. The highest BCUT2D eigenvalue weighted by molar-refractivity contribution is 5.51. The highest BCUT2D eigenvalue weighted by atomic mass is 16.6. The number of nitrogens with zero attached hydrogens (tertiary/aromatic N) is 2. The molecular formula is C18H20N2O5. The van der Waals surface area contributed by atoms with Gasteiger partial charge in [0.15, 0.2) is 0 Å². The molecule has 1 aliphatic rings. The molecule has 0 bridgehead atoms. The zero-order chi connectivity index (χ0) is 18.0. The molecule has 132 valence electrons. The zero-order valence-electron chi connectivity index (χ0n) is 14.1. The number of non-ortho nitro benzene ring substituents is 1. The van der Waals surface area contributed by atoms with Crippen molar-refractivity contribution < 1.29 is 19.5 Å². The third kappa shape index (κ3) is 3.42. The Balaban J connectivity index is 1.88. The van der Waals surface area contributed by atoms with Gasteiger partial charge in [0.25, 0.3) is 5.69 Å². The second-order valence-corrected chi connectivity index (χ2v) is 5.97. The summed E-state index contributed by atoms with van der Waals surface area (Å²) in [7, 11) is 3.16. The number of β-amino-alcohol motifs (C(OH)–C–C–N with tert-alkyl or cyclic N) is 1. The van der Waals surface area contributed by atoms with Crippen LogP contribution in [0.2, 0.25) is 0 Å². The van der Waals surface area contributed by atoms with Crippen molar-refractivity contribution in [3.63, 3.8) is 0 Å². The van der Waals surface area contributed by atoms with E-state index in [1.54, 1.807) is 32.4 Å². The molecule has 0 aliphatic carbocycles. The molecule has 7 nitrogen and oxygen atoms in total. The van der Waals surface area contributed by atoms with Gasteiger partial charge in [0, 0.05) is 42.9 Å². The van der Waals surface area contributed by atoms with Crippen LogP contribution in [-0.2, 0) is 13.1 Å². The average Bonchev–Trinajstić information content (AvgIpc) is 2.61. The quantitative estimate of drug-likeness (QED) is 0.663. The van der Waals surface area contributed by atoms with Gasteiger partial charge in [0.1, 0.15) is 11.5 Å². The van der Waals surface area contributed by atoms with E-state index in [2.05, 4.69) is 0 Å². The van der Waals surface area contributed by atoms with Gasteiger partial charge in [-0.05, 0) is 17.7 Å². The number of nitro groups is 1. The van der Waals surface area contributed by atoms with E-state index in [1.165, 1.54) is 6.07 Å². The van der Waals surface area contributed by atoms with Gasteiger partial charge in [-0.3, -0.25) is 15.0 Å². The van der Waals surface area contributed by atoms with Crippen molar-refractivity contribution in [1.29, 1.82) is 0 Å². The largest absolute Gasteiger partial charge is 0.496 e.